The normalized spacial score (nSPS) is 24.3. The van der Waals surface area contributed by atoms with Crippen molar-refractivity contribution in [3.8, 4) is 0 Å². The summed E-state index contributed by atoms with van der Waals surface area (Å²) in [5.41, 5.74) is 6.51. The Morgan fingerprint density at radius 1 is 1.35 bits per heavy atom. The Morgan fingerprint density at radius 3 is 2.59 bits per heavy atom. The third-order valence-electron chi connectivity index (χ3n) is 2.80. The number of guanidine groups is 1. The van der Waals surface area contributed by atoms with Gasteiger partial charge in [0.25, 0.3) is 7.64 Å². The summed E-state index contributed by atoms with van der Waals surface area (Å²) in [6.07, 6.45) is 1.19. The van der Waals surface area contributed by atoms with Crippen molar-refractivity contribution in [2.24, 2.45) is 10.7 Å². The zero-order valence-electron chi connectivity index (χ0n) is 9.48. The van der Waals surface area contributed by atoms with E-state index in [2.05, 4.69) is 4.99 Å². The lowest BCUT2D eigenvalue weighted by atomic mass is 10.2. The summed E-state index contributed by atoms with van der Waals surface area (Å²) in [4.78, 5) is 14.6. The highest BCUT2D eigenvalue weighted by molar-refractivity contribution is 7.78. The van der Waals surface area contributed by atoms with E-state index < -0.39 is 7.64 Å². The largest absolute Gasteiger partial charge is 0.367 e. The van der Waals surface area contributed by atoms with Gasteiger partial charge in [0.15, 0.2) is 5.31 Å². The highest BCUT2D eigenvalue weighted by atomic mass is 31.2. The molecule has 5 nitrogen and oxygen atoms in total. The molecule has 1 unspecified atom stereocenters. The molecule has 0 aromatic heterocycles. The van der Waals surface area contributed by atoms with Gasteiger partial charge in [0.05, 0.1) is 6.20 Å². The second-order valence-corrected chi connectivity index (χ2v) is 6.59. The minimum atomic E-state index is -2.83. The molecule has 0 radical (unpaired) electrons. The number of benzene rings is 1. The Morgan fingerprint density at radius 2 is 2.00 bits per heavy atom. The first-order chi connectivity index (χ1) is 8.09. The van der Waals surface area contributed by atoms with Gasteiger partial charge in [-0.1, -0.05) is 30.3 Å². The average Bonchev–Trinajstić information content (AvgIpc) is 2.37. The van der Waals surface area contributed by atoms with Crippen molar-refractivity contribution in [1.29, 1.82) is 0 Å². The molecule has 17 heavy (non-hydrogen) atoms. The number of hydrogen-bond donors (Lipinski definition) is 3. The Kier molecular flexibility index (Phi) is 3.15. The molecule has 0 saturated carbocycles. The first-order valence-corrected chi connectivity index (χ1v) is 7.03. The van der Waals surface area contributed by atoms with Gasteiger partial charge in [0.2, 0.25) is 12.3 Å². The Bertz CT molecular complexity index is 475. The van der Waals surface area contributed by atoms with Crippen LogP contribution in [0.5, 0.6) is 0 Å². The molecular weight excluding hydrogens is 237 g/mol. The summed E-state index contributed by atoms with van der Waals surface area (Å²) in [6, 6.07) is 9.39. The molecule has 0 bridgehead atoms. The van der Waals surface area contributed by atoms with Crippen LogP contribution in [0.15, 0.2) is 41.5 Å². The monoisotopic (exact) mass is 252 g/mol. The van der Waals surface area contributed by atoms with Crippen LogP contribution < -0.4 is 5.73 Å². The van der Waals surface area contributed by atoms with Gasteiger partial charge < -0.3 is 10.8 Å². The SMILES string of the molecule is CN1C(N)=NC=C(c2ccccc2)[P+]1(O)CO. The number of hydrogen-bond acceptors (Lipinski definition) is 5. The fourth-order valence-electron chi connectivity index (χ4n) is 1.70. The van der Waals surface area contributed by atoms with Crippen LogP contribution >= 0.6 is 7.64 Å². The van der Waals surface area contributed by atoms with E-state index in [1.54, 1.807) is 7.05 Å². The third kappa shape index (κ3) is 1.93. The minimum absolute atomic E-state index is 0.217. The number of aliphatic imine (C=N–C) groups is 1. The summed E-state index contributed by atoms with van der Waals surface area (Å²) in [5, 5.41) is 10.1. The van der Waals surface area contributed by atoms with E-state index in [0.717, 1.165) is 5.56 Å². The summed E-state index contributed by atoms with van der Waals surface area (Å²) in [7, 11) is -1.19. The maximum absolute atomic E-state index is 10.6. The van der Waals surface area contributed by atoms with Gasteiger partial charge in [0.1, 0.15) is 0 Å². The van der Waals surface area contributed by atoms with Crippen LogP contribution in [0, 0.1) is 0 Å². The van der Waals surface area contributed by atoms with Gasteiger partial charge in [-0.2, -0.15) is 4.67 Å². The second-order valence-electron chi connectivity index (χ2n) is 3.76. The van der Waals surface area contributed by atoms with E-state index in [4.69, 9.17) is 5.73 Å². The molecule has 0 fully saturated rings. The summed E-state index contributed by atoms with van der Waals surface area (Å²) >= 11 is 0. The molecule has 6 heteroatoms. The molecule has 0 saturated heterocycles. The summed E-state index contributed by atoms with van der Waals surface area (Å²) in [6.45, 7) is 0. The number of nitrogens with zero attached hydrogens (tertiary/aromatic N) is 2. The topological polar surface area (TPSA) is 82.1 Å². The van der Waals surface area contributed by atoms with Crippen molar-refractivity contribution < 1.29 is 10.00 Å². The fraction of sp³-hybridized carbons (Fsp3) is 0.182. The van der Waals surface area contributed by atoms with Gasteiger partial charge in [-0.3, -0.25) is 0 Å². The molecular formula is C11H15N3O2P+. The van der Waals surface area contributed by atoms with Crippen molar-refractivity contribution in [2.75, 3.05) is 13.4 Å². The van der Waals surface area contributed by atoms with Gasteiger partial charge in [-0.05, 0) is 0 Å². The van der Waals surface area contributed by atoms with E-state index >= 15 is 0 Å². The number of aliphatic hydroxyl groups excluding tert-OH is 1. The van der Waals surface area contributed by atoms with Crippen LogP contribution in [0.2, 0.25) is 0 Å². The first kappa shape index (κ1) is 12.0. The average molecular weight is 252 g/mol. The quantitative estimate of drug-likeness (QED) is 0.687. The summed E-state index contributed by atoms with van der Waals surface area (Å²) < 4.78 is 1.47. The fourth-order valence-corrected chi connectivity index (χ4v) is 3.56. The van der Waals surface area contributed by atoms with Crippen LogP contribution in [0.4, 0.5) is 0 Å². The van der Waals surface area contributed by atoms with Gasteiger partial charge in [0, 0.05) is 12.6 Å². The smallest absolute Gasteiger partial charge is 0.296 e. The zero-order chi connectivity index (χ0) is 12.5. The Balaban J connectivity index is 2.52. The maximum Gasteiger partial charge on any atom is 0.296 e. The van der Waals surface area contributed by atoms with E-state index in [1.165, 1.54) is 10.9 Å². The highest BCUT2D eigenvalue weighted by Crippen LogP contribution is 2.68. The van der Waals surface area contributed by atoms with E-state index in [9.17, 15) is 10.00 Å². The number of nitrogens with two attached hydrogens (primary N) is 1. The lowest BCUT2D eigenvalue weighted by Gasteiger charge is -2.30. The van der Waals surface area contributed by atoms with Gasteiger partial charge in [-0.25, -0.2) is 9.89 Å². The molecule has 4 N–H and O–H groups in total. The molecule has 1 aromatic rings. The van der Waals surface area contributed by atoms with Crippen molar-refractivity contribution in [3.63, 3.8) is 0 Å². The zero-order valence-corrected chi connectivity index (χ0v) is 10.4. The standard InChI is InChI=1S/C11H15N3O2P/c1-14-11(12)13-7-10(17(14,16)8-15)9-5-3-2-4-6-9/h2-7,15-16H,8H2,1H3,(H2,12,13)/q+1. The van der Waals surface area contributed by atoms with Crippen molar-refractivity contribution in [2.45, 2.75) is 0 Å². The van der Waals surface area contributed by atoms with Crippen LogP contribution in [0.3, 0.4) is 0 Å². The lowest BCUT2D eigenvalue weighted by Crippen LogP contribution is -2.36. The predicted octanol–water partition coefficient (Wildman–Crippen LogP) is 1.03. The second kappa shape index (κ2) is 4.45. The minimum Gasteiger partial charge on any atom is -0.367 e. The third-order valence-corrected chi connectivity index (χ3v) is 5.54. The molecule has 1 atom stereocenters. The van der Waals surface area contributed by atoms with E-state index in [0.29, 0.717) is 5.31 Å². The van der Waals surface area contributed by atoms with Gasteiger partial charge in [-0.15, -0.1) is 0 Å². The molecule has 0 amide bonds. The molecule has 90 valence electrons. The summed E-state index contributed by atoms with van der Waals surface area (Å²) in [5.74, 6) is 0.217. The van der Waals surface area contributed by atoms with Crippen LogP contribution in [0.25, 0.3) is 5.31 Å². The molecule has 0 spiro atoms. The highest BCUT2D eigenvalue weighted by Gasteiger charge is 2.49. The molecule has 1 aliphatic heterocycles. The lowest BCUT2D eigenvalue weighted by molar-refractivity contribution is 0.342. The van der Waals surface area contributed by atoms with Crippen LogP contribution in [0.1, 0.15) is 5.56 Å². The van der Waals surface area contributed by atoms with Crippen molar-refractivity contribution in [3.05, 3.63) is 42.1 Å². The van der Waals surface area contributed by atoms with Crippen molar-refractivity contribution >= 4 is 18.9 Å². The molecule has 1 aromatic carbocycles. The molecule has 1 aliphatic rings. The first-order valence-electron chi connectivity index (χ1n) is 5.15. The van der Waals surface area contributed by atoms with Gasteiger partial charge >= 0.3 is 0 Å². The van der Waals surface area contributed by atoms with Crippen LogP contribution in [-0.4, -0.2) is 34.0 Å². The van der Waals surface area contributed by atoms with E-state index in [1.807, 2.05) is 30.3 Å². The Hall–Kier alpha value is -1.42. The molecule has 0 aliphatic carbocycles. The molecule has 1 heterocycles. The number of aliphatic hydroxyl groups is 1. The maximum atomic E-state index is 10.6. The van der Waals surface area contributed by atoms with Crippen molar-refractivity contribution in [1.82, 2.24) is 4.67 Å². The Labute approximate surface area is 100 Å². The molecule has 2 rings (SSSR count). The van der Waals surface area contributed by atoms with E-state index in [-0.39, 0.29) is 12.3 Å². The predicted molar refractivity (Wildman–Crippen MR) is 70.0 cm³/mol. The van der Waals surface area contributed by atoms with Crippen LogP contribution in [-0.2, 0) is 0 Å². The number of rotatable bonds is 2.